The van der Waals surface area contributed by atoms with Crippen LogP contribution in [-0.2, 0) is 18.9 Å². The van der Waals surface area contributed by atoms with E-state index >= 15 is 0 Å². The summed E-state index contributed by atoms with van der Waals surface area (Å²) in [6, 6.07) is 0. The molecule has 0 amide bonds. The Morgan fingerprint density at radius 2 is 1.61 bits per heavy atom. The quantitative estimate of drug-likeness (QED) is 0.267. The molecule has 0 aromatic rings. The van der Waals surface area contributed by atoms with E-state index in [9.17, 15) is 5.11 Å². The molecule has 2 rings (SSSR count). The Morgan fingerprint density at radius 3 is 2.14 bits per heavy atom. The van der Waals surface area contributed by atoms with Gasteiger partial charge < -0.3 is 24.1 Å². The van der Waals surface area contributed by atoms with Gasteiger partial charge in [-0.05, 0) is 25.2 Å². The molecular formula is C19H33AcCl2NO5. The maximum Gasteiger partial charge on any atom is 0.217 e. The van der Waals surface area contributed by atoms with Crippen LogP contribution >= 0.6 is 23.2 Å². The molecule has 9 heteroatoms. The van der Waals surface area contributed by atoms with Crippen molar-refractivity contribution in [3.8, 4) is 0 Å². The van der Waals surface area contributed by atoms with Crippen molar-refractivity contribution in [1.82, 2.24) is 0 Å². The zero-order valence-electron chi connectivity index (χ0n) is 17.5. The van der Waals surface area contributed by atoms with Crippen LogP contribution in [0.4, 0.5) is 0 Å². The predicted molar refractivity (Wildman–Crippen MR) is 105 cm³/mol. The monoisotopic (exact) mass is 652 g/mol. The van der Waals surface area contributed by atoms with Crippen molar-refractivity contribution in [2.24, 2.45) is 23.7 Å². The molecule has 0 spiro atoms. The minimum atomic E-state index is -1.08. The second-order valence-electron chi connectivity index (χ2n) is 7.97. The summed E-state index contributed by atoms with van der Waals surface area (Å²) in [7, 11) is 0. The number of hydrogen-bond donors (Lipinski definition) is 2. The van der Waals surface area contributed by atoms with Crippen LogP contribution in [-0.4, -0.2) is 52.8 Å². The van der Waals surface area contributed by atoms with Crippen molar-refractivity contribution >= 4 is 29.1 Å². The van der Waals surface area contributed by atoms with E-state index < -0.39 is 35.5 Å². The summed E-state index contributed by atoms with van der Waals surface area (Å²) in [4.78, 5) is -1.08. The first kappa shape index (κ1) is 27.4. The van der Waals surface area contributed by atoms with Gasteiger partial charge >= 0.3 is 0 Å². The molecule has 161 valence electrons. The Kier molecular flexibility index (Phi) is 11.5. The first-order chi connectivity index (χ1) is 12.6. The molecular weight excluding hydrogens is 620 g/mol. The Hall–Kier alpha value is 1.33. The van der Waals surface area contributed by atoms with Gasteiger partial charge in [0.15, 0.2) is 11.1 Å². The van der Waals surface area contributed by atoms with E-state index in [0.29, 0.717) is 18.3 Å². The number of alkyl halides is 2. The van der Waals surface area contributed by atoms with Crippen LogP contribution in [0.5, 0.6) is 0 Å². The van der Waals surface area contributed by atoms with E-state index in [1.54, 1.807) is 6.92 Å². The molecule has 28 heavy (non-hydrogen) atoms. The number of rotatable bonds is 5. The number of aliphatic hydroxyl groups is 1. The summed E-state index contributed by atoms with van der Waals surface area (Å²) in [5, 5.41) is 18.6. The van der Waals surface area contributed by atoms with Gasteiger partial charge in [0.25, 0.3) is 0 Å². The average molecular weight is 653 g/mol. The van der Waals surface area contributed by atoms with E-state index in [4.69, 9.17) is 47.6 Å². The van der Waals surface area contributed by atoms with E-state index in [-0.39, 0.29) is 68.1 Å². The third-order valence-electron chi connectivity index (χ3n) is 6.29. The third-order valence-corrected chi connectivity index (χ3v) is 6.69. The SMILES string of the molecule is CCC1OC(OC(=N)C(Cl)Cl)C(C)[C@@H](O)[C@H]1O[C@H]1O[C@H](C)[C@@H](C)C(C)C1C.[Ac]. The van der Waals surface area contributed by atoms with Crippen LogP contribution in [0.2, 0.25) is 0 Å². The standard InChI is InChI=1S/C19H33Cl2NO5.Ac/c1-7-13-15(26-18-10(4)8(2)9(3)12(6)24-18)14(23)11(5)19(25-13)27-17(22)16(20)21;/h8-16,18-19,22-23H,7H2,1-6H3;/t8?,9-,10?,11?,12+,13?,14+,15-,18+,19?;/m0./s1. The summed E-state index contributed by atoms with van der Waals surface area (Å²) in [6.07, 6.45) is -2.26. The van der Waals surface area contributed by atoms with Gasteiger partial charge in [-0.25, -0.2) is 0 Å². The van der Waals surface area contributed by atoms with Crippen LogP contribution < -0.4 is 0 Å². The number of aliphatic hydroxyl groups excluding tert-OH is 1. The molecule has 6 nitrogen and oxygen atoms in total. The molecule has 5 unspecified atom stereocenters. The fourth-order valence-electron chi connectivity index (χ4n) is 3.79. The molecule has 2 N–H and O–H groups in total. The zero-order valence-corrected chi connectivity index (χ0v) is 23.7. The third kappa shape index (κ3) is 6.19. The van der Waals surface area contributed by atoms with Crippen molar-refractivity contribution < 1.29 is 68.1 Å². The van der Waals surface area contributed by atoms with Gasteiger partial charge in [0.05, 0.1) is 18.3 Å². The molecule has 2 fully saturated rings. The van der Waals surface area contributed by atoms with Gasteiger partial charge in [-0.2, -0.15) is 0 Å². The Balaban J connectivity index is 0.00000392. The van der Waals surface area contributed by atoms with Crippen LogP contribution in [0.25, 0.3) is 0 Å². The molecule has 10 atom stereocenters. The first-order valence-electron chi connectivity index (χ1n) is 9.76. The summed E-state index contributed by atoms with van der Waals surface area (Å²) in [5.74, 6) is 0.372. The summed E-state index contributed by atoms with van der Waals surface area (Å²) in [5.41, 5.74) is 0. The van der Waals surface area contributed by atoms with Crippen molar-refractivity contribution in [2.75, 3.05) is 0 Å². The van der Waals surface area contributed by atoms with Crippen LogP contribution in [0, 0.1) is 73.1 Å². The number of nitrogens with one attached hydrogen (secondary N) is 1. The Bertz CT molecular complexity index is 513. The second-order valence-corrected chi connectivity index (χ2v) is 9.07. The van der Waals surface area contributed by atoms with Crippen LogP contribution in [0.3, 0.4) is 0 Å². The van der Waals surface area contributed by atoms with Crippen molar-refractivity contribution in [1.29, 1.82) is 5.41 Å². The van der Waals surface area contributed by atoms with Crippen LogP contribution in [0.1, 0.15) is 48.0 Å². The molecule has 2 saturated heterocycles. The Morgan fingerprint density at radius 1 is 1.00 bits per heavy atom. The van der Waals surface area contributed by atoms with Crippen molar-refractivity contribution in [3.63, 3.8) is 0 Å². The average Bonchev–Trinajstić information content (AvgIpc) is 2.63. The van der Waals surface area contributed by atoms with Crippen LogP contribution in [0.15, 0.2) is 0 Å². The molecule has 0 aromatic carbocycles. The summed E-state index contributed by atoms with van der Waals surface area (Å²) in [6.45, 7) is 12.3. The summed E-state index contributed by atoms with van der Waals surface area (Å²) >= 11 is 11.3. The maximum atomic E-state index is 10.9. The van der Waals surface area contributed by atoms with Crippen molar-refractivity contribution in [2.45, 2.75) is 89.8 Å². The van der Waals surface area contributed by atoms with Gasteiger partial charge in [-0.1, -0.05) is 57.8 Å². The minimum Gasteiger partial charge on any atom is -0.449 e. The maximum absolute atomic E-state index is 10.9. The largest absolute Gasteiger partial charge is 0.449 e. The van der Waals surface area contributed by atoms with E-state index in [1.807, 2.05) is 6.92 Å². The van der Waals surface area contributed by atoms with Gasteiger partial charge in [-0.3, -0.25) is 5.41 Å². The van der Waals surface area contributed by atoms with E-state index in [2.05, 4.69) is 27.7 Å². The molecule has 2 aliphatic heterocycles. The van der Waals surface area contributed by atoms with E-state index in [0.717, 1.165) is 0 Å². The first-order valence-corrected chi connectivity index (χ1v) is 10.6. The van der Waals surface area contributed by atoms with Gasteiger partial charge in [0, 0.05) is 55.9 Å². The molecule has 2 aliphatic rings. The second kappa shape index (κ2) is 11.8. The molecule has 0 aliphatic carbocycles. The normalized spacial score (nSPS) is 44.1. The van der Waals surface area contributed by atoms with E-state index in [1.165, 1.54) is 0 Å². The smallest absolute Gasteiger partial charge is 0.217 e. The molecule has 1 radical (unpaired) electrons. The molecule has 2 heterocycles. The molecule has 0 saturated carbocycles. The van der Waals surface area contributed by atoms with Gasteiger partial charge in [0.2, 0.25) is 12.2 Å². The Labute approximate surface area is 214 Å². The van der Waals surface area contributed by atoms with Gasteiger partial charge in [-0.15, -0.1) is 0 Å². The number of ether oxygens (including phenoxy) is 4. The zero-order chi connectivity index (χ0) is 20.5. The van der Waals surface area contributed by atoms with Crippen molar-refractivity contribution in [3.05, 3.63) is 0 Å². The fourth-order valence-corrected chi connectivity index (χ4v) is 3.89. The molecule has 0 aromatic heterocycles. The minimum absolute atomic E-state index is 0. The fraction of sp³-hybridized carbons (Fsp3) is 0.947. The van der Waals surface area contributed by atoms with Gasteiger partial charge in [0.1, 0.15) is 6.10 Å². The summed E-state index contributed by atoms with van der Waals surface area (Å²) < 4.78 is 23.8. The molecule has 0 bridgehead atoms. The number of halogens is 2. The number of hydrogen-bond acceptors (Lipinski definition) is 6. The topological polar surface area (TPSA) is 81.0 Å². The predicted octanol–water partition coefficient (Wildman–Crippen LogP) is 3.95.